The van der Waals surface area contributed by atoms with E-state index in [1.54, 1.807) is 30.3 Å². The average Bonchev–Trinajstić information content (AvgIpc) is 2.73. The summed E-state index contributed by atoms with van der Waals surface area (Å²) in [5.74, 6) is -1.79. The molecule has 7 nitrogen and oxygen atoms in total. The van der Waals surface area contributed by atoms with Crippen LogP contribution in [-0.4, -0.2) is 54.7 Å². The van der Waals surface area contributed by atoms with E-state index >= 15 is 0 Å². The summed E-state index contributed by atoms with van der Waals surface area (Å²) in [6.07, 6.45) is 1.80. The van der Waals surface area contributed by atoms with Gasteiger partial charge >= 0.3 is 7.12 Å². The molecule has 0 aliphatic carbocycles. The van der Waals surface area contributed by atoms with E-state index in [0.29, 0.717) is 18.4 Å². The zero-order valence-corrected chi connectivity index (χ0v) is 16.5. The van der Waals surface area contributed by atoms with E-state index in [4.69, 9.17) is 4.74 Å². The van der Waals surface area contributed by atoms with Crippen molar-refractivity contribution in [1.82, 2.24) is 10.6 Å². The second kappa shape index (κ2) is 12.0. The zero-order valence-electron chi connectivity index (χ0n) is 16.5. The molecule has 0 bridgehead atoms. The Bertz CT molecular complexity index is 758. The molecule has 2 aromatic carbocycles. The third-order valence-electron chi connectivity index (χ3n) is 4.50. The number of hydrogen-bond donors (Lipinski definition) is 4. The van der Waals surface area contributed by atoms with Gasteiger partial charge in [-0.1, -0.05) is 48.5 Å². The first-order chi connectivity index (χ1) is 14.0. The first kappa shape index (κ1) is 22.6. The molecule has 0 saturated carbocycles. The van der Waals surface area contributed by atoms with E-state index in [-0.39, 0.29) is 6.61 Å². The molecule has 4 N–H and O–H groups in total. The molecular formula is C21H27BN2O5. The van der Waals surface area contributed by atoms with Gasteiger partial charge in [0, 0.05) is 12.7 Å². The van der Waals surface area contributed by atoms with E-state index < -0.39 is 30.9 Å². The van der Waals surface area contributed by atoms with Gasteiger partial charge in [-0.25, -0.2) is 0 Å². The first-order valence-corrected chi connectivity index (χ1v) is 9.56. The Balaban J connectivity index is 1.92. The zero-order chi connectivity index (χ0) is 21.1. The largest absolute Gasteiger partial charge is 0.475 e. The molecule has 0 saturated heterocycles. The Hall–Kier alpha value is -2.68. The van der Waals surface area contributed by atoms with Crippen molar-refractivity contribution in [2.24, 2.45) is 0 Å². The lowest BCUT2D eigenvalue weighted by Crippen LogP contribution is -2.55. The van der Waals surface area contributed by atoms with E-state index in [2.05, 4.69) is 10.6 Å². The fraction of sp³-hybridized carbons (Fsp3) is 0.333. The minimum absolute atomic E-state index is 0.0390. The van der Waals surface area contributed by atoms with Gasteiger partial charge in [0.15, 0.2) is 0 Å². The summed E-state index contributed by atoms with van der Waals surface area (Å²) in [4.78, 5) is 25.0. The number of nitrogens with one attached hydrogen (secondary N) is 2. The highest BCUT2D eigenvalue weighted by Gasteiger charge is 2.29. The standard InChI is InChI=1S/C21H27BN2O5/c1-29-15-18(23-20(25)17-12-6-3-7-13-17)21(26)24-19(22(27)28)14-8-11-16-9-4-2-5-10-16/h2-7,9-10,12-13,18-19,27-28H,8,11,14-15H2,1H3,(H,23,25)(H,24,26)/t18-,19+/m1/s1. The number of benzene rings is 2. The Morgan fingerprint density at radius 2 is 1.62 bits per heavy atom. The van der Waals surface area contributed by atoms with E-state index in [9.17, 15) is 19.6 Å². The average molecular weight is 398 g/mol. The van der Waals surface area contributed by atoms with Crippen LogP contribution in [0.5, 0.6) is 0 Å². The lowest BCUT2D eigenvalue weighted by Gasteiger charge is -2.23. The SMILES string of the molecule is COC[C@@H](NC(=O)c1ccccc1)C(=O)N[C@@H](CCCc1ccccc1)B(O)O. The number of hydrogen-bond acceptors (Lipinski definition) is 5. The molecule has 2 rings (SSSR count). The summed E-state index contributed by atoms with van der Waals surface area (Å²) < 4.78 is 5.04. The van der Waals surface area contributed by atoms with Gasteiger partial charge in [-0.2, -0.15) is 0 Å². The molecule has 2 atom stereocenters. The smallest absolute Gasteiger partial charge is 0.426 e. The fourth-order valence-electron chi connectivity index (χ4n) is 2.93. The number of aryl methyl sites for hydroxylation is 1. The predicted octanol–water partition coefficient (Wildman–Crippen LogP) is 0.951. The first-order valence-electron chi connectivity index (χ1n) is 9.56. The topological polar surface area (TPSA) is 108 Å². The molecule has 0 spiro atoms. The summed E-state index contributed by atoms with van der Waals surface area (Å²) in [7, 11) is -0.282. The van der Waals surface area contributed by atoms with Crippen LogP contribution in [0.2, 0.25) is 0 Å². The number of methoxy groups -OCH3 is 1. The Kier molecular flexibility index (Phi) is 9.36. The van der Waals surface area contributed by atoms with Gasteiger partial charge in [-0.05, 0) is 37.0 Å². The van der Waals surface area contributed by atoms with Crippen LogP contribution >= 0.6 is 0 Å². The van der Waals surface area contributed by atoms with E-state index in [0.717, 1.165) is 12.0 Å². The number of ether oxygens (including phenoxy) is 1. The third kappa shape index (κ3) is 7.69. The number of amides is 2. The van der Waals surface area contributed by atoms with Crippen LogP contribution < -0.4 is 10.6 Å². The van der Waals surface area contributed by atoms with Crippen molar-refractivity contribution >= 4 is 18.9 Å². The van der Waals surface area contributed by atoms with Crippen LogP contribution in [0.15, 0.2) is 60.7 Å². The third-order valence-corrected chi connectivity index (χ3v) is 4.50. The van der Waals surface area contributed by atoms with Crippen LogP contribution in [-0.2, 0) is 16.0 Å². The molecule has 0 unspecified atom stereocenters. The molecule has 0 aliphatic heterocycles. The number of carbonyl (C=O) groups excluding carboxylic acids is 2. The van der Waals surface area contributed by atoms with Gasteiger partial charge in [-0.15, -0.1) is 0 Å². The summed E-state index contributed by atoms with van der Waals surface area (Å²) >= 11 is 0. The van der Waals surface area contributed by atoms with Crippen molar-refractivity contribution < 1.29 is 24.4 Å². The van der Waals surface area contributed by atoms with E-state index in [1.165, 1.54) is 7.11 Å². The summed E-state index contributed by atoms with van der Waals surface area (Å²) in [6, 6.07) is 17.4. The second-order valence-electron chi connectivity index (χ2n) is 6.75. The van der Waals surface area contributed by atoms with Gasteiger partial charge in [0.2, 0.25) is 5.91 Å². The second-order valence-corrected chi connectivity index (χ2v) is 6.75. The maximum atomic E-state index is 12.6. The van der Waals surface area contributed by atoms with Crippen LogP contribution in [0.3, 0.4) is 0 Å². The van der Waals surface area contributed by atoms with Gasteiger partial charge in [0.1, 0.15) is 6.04 Å². The Morgan fingerprint density at radius 1 is 1.00 bits per heavy atom. The lowest BCUT2D eigenvalue weighted by molar-refractivity contribution is -0.124. The maximum Gasteiger partial charge on any atom is 0.475 e. The molecule has 8 heteroatoms. The van der Waals surface area contributed by atoms with Crippen LogP contribution in [0.1, 0.15) is 28.8 Å². The van der Waals surface area contributed by atoms with Gasteiger partial charge < -0.3 is 25.4 Å². The molecule has 2 aromatic rings. The molecule has 29 heavy (non-hydrogen) atoms. The minimum Gasteiger partial charge on any atom is -0.426 e. The maximum absolute atomic E-state index is 12.6. The predicted molar refractivity (Wildman–Crippen MR) is 111 cm³/mol. The molecule has 2 amide bonds. The lowest BCUT2D eigenvalue weighted by atomic mass is 9.76. The van der Waals surface area contributed by atoms with Crippen LogP contribution in [0.4, 0.5) is 0 Å². The van der Waals surface area contributed by atoms with Crippen LogP contribution in [0.25, 0.3) is 0 Å². The monoisotopic (exact) mass is 398 g/mol. The normalized spacial score (nSPS) is 12.7. The van der Waals surface area contributed by atoms with Crippen molar-refractivity contribution in [1.29, 1.82) is 0 Å². The van der Waals surface area contributed by atoms with Gasteiger partial charge in [0.05, 0.1) is 12.5 Å². The molecule has 154 valence electrons. The van der Waals surface area contributed by atoms with Crippen molar-refractivity contribution in [3.63, 3.8) is 0 Å². The summed E-state index contributed by atoms with van der Waals surface area (Å²) in [6.45, 7) is -0.0390. The molecule has 0 fully saturated rings. The molecule has 0 heterocycles. The van der Waals surface area contributed by atoms with Crippen LogP contribution in [0, 0.1) is 0 Å². The highest BCUT2D eigenvalue weighted by Crippen LogP contribution is 2.08. The summed E-state index contributed by atoms with van der Waals surface area (Å²) in [5.41, 5.74) is 1.56. The van der Waals surface area contributed by atoms with Crippen molar-refractivity contribution in [2.75, 3.05) is 13.7 Å². The summed E-state index contributed by atoms with van der Waals surface area (Å²) in [5, 5.41) is 24.5. The van der Waals surface area contributed by atoms with Gasteiger partial charge in [-0.3, -0.25) is 9.59 Å². The van der Waals surface area contributed by atoms with Crippen molar-refractivity contribution in [3.8, 4) is 0 Å². The van der Waals surface area contributed by atoms with Crippen molar-refractivity contribution in [2.45, 2.75) is 31.2 Å². The molecule has 0 aromatic heterocycles. The Morgan fingerprint density at radius 3 is 2.21 bits per heavy atom. The highest BCUT2D eigenvalue weighted by atomic mass is 16.5. The number of carbonyl (C=O) groups is 2. The van der Waals surface area contributed by atoms with E-state index in [1.807, 2.05) is 30.3 Å². The minimum atomic E-state index is -1.71. The molecule has 0 aliphatic rings. The van der Waals surface area contributed by atoms with Gasteiger partial charge in [0.25, 0.3) is 5.91 Å². The van der Waals surface area contributed by atoms with Crippen molar-refractivity contribution in [3.05, 3.63) is 71.8 Å². The quantitative estimate of drug-likeness (QED) is 0.422. The number of rotatable bonds is 11. The molecule has 0 radical (unpaired) electrons. The Labute approximate surface area is 171 Å². The fourth-order valence-corrected chi connectivity index (χ4v) is 2.93. The highest BCUT2D eigenvalue weighted by molar-refractivity contribution is 6.43. The molecular weight excluding hydrogens is 371 g/mol.